The molecular weight excluding hydrogens is 301 g/mol. The highest BCUT2D eigenvalue weighted by Crippen LogP contribution is 2.29. The number of para-hydroxylation sites is 1. The van der Waals surface area contributed by atoms with Crippen molar-refractivity contribution in [3.63, 3.8) is 0 Å². The van der Waals surface area contributed by atoms with E-state index >= 15 is 0 Å². The van der Waals surface area contributed by atoms with Gasteiger partial charge in [-0.3, -0.25) is 4.79 Å². The number of nitrogens with one attached hydrogen (secondary N) is 1. The number of aliphatic carboxylic acids is 1. The number of amides is 1. The average molecular weight is 323 g/mol. The molecule has 5 nitrogen and oxygen atoms in total. The van der Waals surface area contributed by atoms with Crippen LogP contribution in [0.5, 0.6) is 5.75 Å². The van der Waals surface area contributed by atoms with E-state index in [0.717, 1.165) is 19.3 Å². The molecule has 1 aliphatic carbocycles. The topological polar surface area (TPSA) is 75.6 Å². The Labute approximate surface area is 134 Å². The summed E-state index contributed by atoms with van der Waals surface area (Å²) < 4.78 is 19.1. The molecule has 2 rings (SSSR count). The SMILES string of the molecule is CCC(Oc1ccccc1F)C(=O)NC1(C(=O)O)CCCCC1. The molecule has 1 amide bonds. The fraction of sp³-hybridized carbons (Fsp3) is 0.529. The number of halogens is 1. The van der Waals surface area contributed by atoms with Gasteiger partial charge in [-0.15, -0.1) is 0 Å². The van der Waals surface area contributed by atoms with Crippen LogP contribution in [0.1, 0.15) is 45.4 Å². The second-order valence-corrected chi connectivity index (χ2v) is 5.88. The van der Waals surface area contributed by atoms with Gasteiger partial charge in [0.2, 0.25) is 0 Å². The van der Waals surface area contributed by atoms with Gasteiger partial charge in [-0.2, -0.15) is 0 Å². The largest absolute Gasteiger partial charge is 0.480 e. The van der Waals surface area contributed by atoms with Gasteiger partial charge in [0, 0.05) is 0 Å². The summed E-state index contributed by atoms with van der Waals surface area (Å²) in [7, 11) is 0. The Kier molecular flexibility index (Phi) is 5.58. The summed E-state index contributed by atoms with van der Waals surface area (Å²) in [4.78, 5) is 24.1. The van der Waals surface area contributed by atoms with Gasteiger partial charge in [0.1, 0.15) is 5.54 Å². The first-order valence-corrected chi connectivity index (χ1v) is 7.95. The van der Waals surface area contributed by atoms with E-state index in [1.165, 1.54) is 18.2 Å². The number of carboxylic acids is 1. The first-order chi connectivity index (χ1) is 11.0. The number of rotatable bonds is 6. The number of carbonyl (C=O) groups excluding carboxylic acids is 1. The summed E-state index contributed by atoms with van der Waals surface area (Å²) in [6.07, 6.45) is 2.69. The maximum absolute atomic E-state index is 13.7. The lowest BCUT2D eigenvalue weighted by Gasteiger charge is -2.35. The van der Waals surface area contributed by atoms with Crippen LogP contribution in [0, 0.1) is 5.82 Å². The Morgan fingerprint density at radius 1 is 1.30 bits per heavy atom. The van der Waals surface area contributed by atoms with Crippen LogP contribution in [0.4, 0.5) is 4.39 Å². The molecule has 126 valence electrons. The second-order valence-electron chi connectivity index (χ2n) is 5.88. The normalized spacial score (nSPS) is 18.0. The van der Waals surface area contributed by atoms with Crippen molar-refractivity contribution in [2.45, 2.75) is 57.1 Å². The lowest BCUT2D eigenvalue weighted by atomic mass is 9.81. The third-order valence-corrected chi connectivity index (χ3v) is 4.25. The zero-order chi connectivity index (χ0) is 16.9. The summed E-state index contributed by atoms with van der Waals surface area (Å²) in [5.41, 5.74) is -1.23. The van der Waals surface area contributed by atoms with Gasteiger partial charge in [0.15, 0.2) is 17.7 Å². The van der Waals surface area contributed by atoms with Gasteiger partial charge < -0.3 is 15.2 Å². The van der Waals surface area contributed by atoms with Gasteiger partial charge in [0.25, 0.3) is 5.91 Å². The third-order valence-electron chi connectivity index (χ3n) is 4.25. The van der Waals surface area contributed by atoms with E-state index in [9.17, 15) is 19.1 Å². The molecule has 1 aromatic carbocycles. The summed E-state index contributed by atoms with van der Waals surface area (Å²) in [6, 6.07) is 5.84. The van der Waals surface area contributed by atoms with Crippen molar-refractivity contribution in [1.82, 2.24) is 5.32 Å². The molecule has 1 unspecified atom stereocenters. The summed E-state index contributed by atoms with van der Waals surface area (Å²) in [5, 5.41) is 12.1. The van der Waals surface area contributed by atoms with Gasteiger partial charge >= 0.3 is 5.97 Å². The van der Waals surface area contributed by atoms with Gasteiger partial charge in [-0.25, -0.2) is 9.18 Å². The fourth-order valence-corrected chi connectivity index (χ4v) is 2.88. The van der Waals surface area contributed by atoms with Gasteiger partial charge in [0.05, 0.1) is 0 Å². The summed E-state index contributed by atoms with van der Waals surface area (Å²) in [5.74, 6) is -2.10. The second kappa shape index (κ2) is 7.44. The molecule has 1 fully saturated rings. The highest BCUT2D eigenvalue weighted by Gasteiger charge is 2.42. The molecule has 1 aliphatic rings. The quantitative estimate of drug-likeness (QED) is 0.844. The molecule has 6 heteroatoms. The number of hydrogen-bond acceptors (Lipinski definition) is 3. The highest BCUT2D eigenvalue weighted by atomic mass is 19.1. The molecule has 0 heterocycles. The Bertz CT molecular complexity index is 569. The first-order valence-electron chi connectivity index (χ1n) is 7.95. The van der Waals surface area contributed by atoms with E-state index in [-0.39, 0.29) is 5.75 Å². The smallest absolute Gasteiger partial charge is 0.329 e. The number of carbonyl (C=O) groups is 2. The van der Waals surface area contributed by atoms with Crippen molar-refractivity contribution < 1.29 is 23.8 Å². The molecular formula is C17H22FNO4. The summed E-state index contributed by atoms with van der Waals surface area (Å²) >= 11 is 0. The van der Waals surface area contributed by atoms with E-state index < -0.39 is 29.3 Å². The van der Waals surface area contributed by atoms with Gasteiger partial charge in [-0.1, -0.05) is 38.3 Å². The van der Waals surface area contributed by atoms with Crippen LogP contribution in [0.25, 0.3) is 0 Å². The lowest BCUT2D eigenvalue weighted by Crippen LogP contribution is -2.58. The molecule has 2 N–H and O–H groups in total. The number of ether oxygens (including phenoxy) is 1. The Balaban J connectivity index is 2.10. The molecule has 1 aromatic rings. The minimum Gasteiger partial charge on any atom is -0.480 e. The third kappa shape index (κ3) is 4.00. The molecule has 0 spiro atoms. The maximum Gasteiger partial charge on any atom is 0.329 e. The average Bonchev–Trinajstić information content (AvgIpc) is 2.54. The molecule has 0 aliphatic heterocycles. The van der Waals surface area contributed by atoms with Crippen molar-refractivity contribution in [3.05, 3.63) is 30.1 Å². The van der Waals surface area contributed by atoms with Crippen LogP contribution in [-0.2, 0) is 9.59 Å². The predicted octanol–water partition coefficient (Wildman–Crippen LogP) is 2.89. The maximum atomic E-state index is 13.7. The predicted molar refractivity (Wildman–Crippen MR) is 82.7 cm³/mol. The molecule has 1 atom stereocenters. The molecule has 0 bridgehead atoms. The molecule has 1 saturated carbocycles. The monoisotopic (exact) mass is 323 g/mol. The van der Waals surface area contributed by atoms with Crippen LogP contribution >= 0.6 is 0 Å². The van der Waals surface area contributed by atoms with E-state index in [2.05, 4.69) is 5.32 Å². The van der Waals surface area contributed by atoms with E-state index in [1.54, 1.807) is 13.0 Å². The standard InChI is InChI=1S/C17H22FNO4/c1-2-13(23-14-9-5-4-8-12(14)18)15(20)19-17(16(21)22)10-6-3-7-11-17/h4-5,8-9,13H,2-3,6-7,10-11H2,1H3,(H,19,20)(H,21,22). The van der Waals surface area contributed by atoms with Crippen LogP contribution in [0.15, 0.2) is 24.3 Å². The highest BCUT2D eigenvalue weighted by molar-refractivity contribution is 5.89. The van der Waals surface area contributed by atoms with E-state index in [4.69, 9.17) is 4.74 Å². The van der Waals surface area contributed by atoms with Gasteiger partial charge in [-0.05, 0) is 31.4 Å². The number of carboxylic acid groups (broad SMARTS) is 1. The van der Waals surface area contributed by atoms with E-state index in [1.807, 2.05) is 0 Å². The van der Waals surface area contributed by atoms with Crippen LogP contribution in [0.3, 0.4) is 0 Å². The van der Waals surface area contributed by atoms with Crippen LogP contribution < -0.4 is 10.1 Å². The molecule has 23 heavy (non-hydrogen) atoms. The zero-order valence-corrected chi connectivity index (χ0v) is 13.2. The van der Waals surface area contributed by atoms with Crippen LogP contribution in [-0.4, -0.2) is 28.6 Å². The molecule has 0 saturated heterocycles. The van der Waals surface area contributed by atoms with Crippen molar-refractivity contribution in [1.29, 1.82) is 0 Å². The number of hydrogen-bond donors (Lipinski definition) is 2. The van der Waals surface area contributed by atoms with Crippen molar-refractivity contribution in [2.24, 2.45) is 0 Å². The zero-order valence-electron chi connectivity index (χ0n) is 13.2. The van der Waals surface area contributed by atoms with Crippen molar-refractivity contribution in [3.8, 4) is 5.75 Å². The van der Waals surface area contributed by atoms with Crippen molar-refractivity contribution in [2.75, 3.05) is 0 Å². The molecule has 0 aromatic heterocycles. The minimum absolute atomic E-state index is 0.0116. The lowest BCUT2D eigenvalue weighted by molar-refractivity contribution is -0.150. The minimum atomic E-state index is -1.23. The summed E-state index contributed by atoms with van der Waals surface area (Å²) in [6.45, 7) is 1.74. The fourth-order valence-electron chi connectivity index (χ4n) is 2.88. The molecule has 0 radical (unpaired) electrons. The van der Waals surface area contributed by atoms with Crippen LogP contribution in [0.2, 0.25) is 0 Å². The van der Waals surface area contributed by atoms with E-state index in [0.29, 0.717) is 19.3 Å². The van der Waals surface area contributed by atoms with Crippen molar-refractivity contribution >= 4 is 11.9 Å². The Morgan fingerprint density at radius 2 is 1.96 bits per heavy atom. The Morgan fingerprint density at radius 3 is 2.52 bits per heavy atom. The Hall–Kier alpha value is -2.11. The first kappa shape index (κ1) is 17.2. The number of benzene rings is 1.